The molecule has 0 aliphatic rings. The maximum absolute atomic E-state index is 13.1. The van der Waals surface area contributed by atoms with E-state index in [0.29, 0.717) is 42.3 Å². The van der Waals surface area contributed by atoms with Crippen molar-refractivity contribution in [2.45, 2.75) is 26.4 Å². The largest absolute Gasteiger partial charge is 0.337 e. The van der Waals surface area contributed by atoms with Gasteiger partial charge in [-0.25, -0.2) is 4.90 Å². The van der Waals surface area contributed by atoms with Gasteiger partial charge in [0.15, 0.2) is 0 Å². The molecular weight excluding hydrogens is 402 g/mol. The number of nitrogens with two attached hydrogens (primary N) is 2. The fourth-order valence-corrected chi connectivity index (χ4v) is 3.61. The van der Waals surface area contributed by atoms with Gasteiger partial charge in [-0.05, 0) is 47.0 Å². The van der Waals surface area contributed by atoms with Gasteiger partial charge in [0.2, 0.25) is 11.8 Å². The number of nitrogens with zero attached hydrogens (tertiary/aromatic N) is 3. The lowest BCUT2D eigenvalue weighted by Gasteiger charge is -2.21. The fourth-order valence-electron chi connectivity index (χ4n) is 3.61. The van der Waals surface area contributed by atoms with Crippen LogP contribution in [0.25, 0.3) is 22.4 Å². The molecule has 0 bridgehead atoms. The zero-order chi connectivity index (χ0) is 22.5. The molecule has 162 valence electrons. The van der Waals surface area contributed by atoms with Crippen LogP contribution in [0.5, 0.6) is 0 Å². The second kappa shape index (κ2) is 9.55. The minimum atomic E-state index is -0.118. The van der Waals surface area contributed by atoms with E-state index < -0.39 is 0 Å². The monoisotopic (exact) mass is 427 g/mol. The number of aromatic nitrogens is 2. The third kappa shape index (κ3) is 4.16. The SMILES string of the molecule is CCC(=O)N(c1cccc(CN)c1)c1onc(-c2cccc(CN)c2)c1-c1ccncc1. The van der Waals surface area contributed by atoms with Crippen molar-refractivity contribution < 1.29 is 9.32 Å². The highest BCUT2D eigenvalue weighted by molar-refractivity contribution is 6.04. The van der Waals surface area contributed by atoms with E-state index >= 15 is 0 Å². The normalized spacial score (nSPS) is 10.8. The molecule has 4 rings (SSSR count). The molecule has 0 saturated carbocycles. The van der Waals surface area contributed by atoms with Crippen LogP contribution in [-0.2, 0) is 17.9 Å². The van der Waals surface area contributed by atoms with Crippen molar-refractivity contribution >= 4 is 17.5 Å². The third-order valence-electron chi connectivity index (χ3n) is 5.24. The summed E-state index contributed by atoms with van der Waals surface area (Å²) in [4.78, 5) is 18.8. The van der Waals surface area contributed by atoms with Crippen molar-refractivity contribution in [2.24, 2.45) is 11.5 Å². The number of hydrogen-bond acceptors (Lipinski definition) is 6. The number of carbonyl (C=O) groups is 1. The smallest absolute Gasteiger partial charge is 0.247 e. The van der Waals surface area contributed by atoms with Gasteiger partial charge in [-0.2, -0.15) is 0 Å². The van der Waals surface area contributed by atoms with Gasteiger partial charge in [0.25, 0.3) is 0 Å². The number of anilines is 2. The first kappa shape index (κ1) is 21.4. The summed E-state index contributed by atoms with van der Waals surface area (Å²) in [5, 5.41) is 4.39. The Morgan fingerprint density at radius 2 is 1.62 bits per heavy atom. The predicted molar refractivity (Wildman–Crippen MR) is 125 cm³/mol. The molecule has 7 nitrogen and oxygen atoms in total. The lowest BCUT2D eigenvalue weighted by molar-refractivity contribution is -0.117. The number of pyridine rings is 1. The molecule has 0 saturated heterocycles. The van der Waals surface area contributed by atoms with Gasteiger partial charge in [-0.1, -0.05) is 42.4 Å². The molecule has 32 heavy (non-hydrogen) atoms. The van der Waals surface area contributed by atoms with Crippen LogP contribution in [-0.4, -0.2) is 16.0 Å². The zero-order valence-electron chi connectivity index (χ0n) is 17.9. The van der Waals surface area contributed by atoms with Crippen LogP contribution >= 0.6 is 0 Å². The maximum Gasteiger partial charge on any atom is 0.247 e. The zero-order valence-corrected chi connectivity index (χ0v) is 17.9. The van der Waals surface area contributed by atoms with E-state index in [1.807, 2.05) is 67.6 Å². The van der Waals surface area contributed by atoms with Crippen molar-refractivity contribution in [2.75, 3.05) is 4.90 Å². The highest BCUT2D eigenvalue weighted by Gasteiger charge is 2.28. The number of benzene rings is 2. The highest BCUT2D eigenvalue weighted by atomic mass is 16.5. The summed E-state index contributed by atoms with van der Waals surface area (Å²) in [5.74, 6) is 0.234. The molecule has 0 atom stereocenters. The molecule has 0 aliphatic carbocycles. The minimum Gasteiger partial charge on any atom is -0.337 e. The Balaban J connectivity index is 1.96. The van der Waals surface area contributed by atoms with Crippen LogP contribution in [0.2, 0.25) is 0 Å². The van der Waals surface area contributed by atoms with Crippen molar-refractivity contribution in [1.82, 2.24) is 10.1 Å². The molecule has 0 radical (unpaired) electrons. The van der Waals surface area contributed by atoms with E-state index in [4.69, 9.17) is 16.0 Å². The van der Waals surface area contributed by atoms with Crippen LogP contribution in [0.3, 0.4) is 0 Å². The molecule has 2 aromatic heterocycles. The summed E-state index contributed by atoms with van der Waals surface area (Å²) in [6, 6.07) is 19.1. The molecular formula is C25H25N5O2. The number of rotatable bonds is 7. The molecule has 2 heterocycles. The fraction of sp³-hybridized carbons (Fsp3) is 0.160. The Morgan fingerprint density at radius 1 is 0.938 bits per heavy atom. The number of hydrogen-bond donors (Lipinski definition) is 2. The Kier molecular flexibility index (Phi) is 6.39. The molecule has 0 fully saturated rings. The van der Waals surface area contributed by atoms with E-state index in [0.717, 1.165) is 22.3 Å². The van der Waals surface area contributed by atoms with E-state index in [-0.39, 0.29) is 5.91 Å². The summed E-state index contributed by atoms with van der Waals surface area (Å²) in [7, 11) is 0. The van der Waals surface area contributed by atoms with Crippen LogP contribution in [0.4, 0.5) is 11.6 Å². The van der Waals surface area contributed by atoms with Crippen molar-refractivity contribution in [3.63, 3.8) is 0 Å². The molecule has 0 aliphatic heterocycles. The number of amides is 1. The van der Waals surface area contributed by atoms with Crippen LogP contribution in [0, 0.1) is 0 Å². The summed E-state index contributed by atoms with van der Waals surface area (Å²) in [5.41, 5.74) is 17.3. The average molecular weight is 428 g/mol. The Hall–Kier alpha value is -3.81. The van der Waals surface area contributed by atoms with E-state index in [1.165, 1.54) is 0 Å². The molecule has 7 heteroatoms. The van der Waals surface area contributed by atoms with Crippen molar-refractivity contribution in [3.8, 4) is 22.4 Å². The second-order valence-corrected chi connectivity index (χ2v) is 7.31. The minimum absolute atomic E-state index is 0.118. The van der Waals surface area contributed by atoms with Gasteiger partial charge in [-0.15, -0.1) is 0 Å². The van der Waals surface area contributed by atoms with Gasteiger partial charge in [0.1, 0.15) is 5.69 Å². The molecule has 4 aromatic rings. The summed E-state index contributed by atoms with van der Waals surface area (Å²) >= 11 is 0. The first-order valence-corrected chi connectivity index (χ1v) is 10.5. The summed E-state index contributed by atoms with van der Waals surface area (Å²) in [6.07, 6.45) is 3.70. The van der Waals surface area contributed by atoms with Gasteiger partial charge < -0.3 is 16.0 Å². The lowest BCUT2D eigenvalue weighted by Crippen LogP contribution is -2.25. The number of carbonyl (C=O) groups excluding carboxylic acids is 1. The summed E-state index contributed by atoms with van der Waals surface area (Å²) in [6.45, 7) is 2.60. The maximum atomic E-state index is 13.1. The quantitative estimate of drug-likeness (QED) is 0.452. The van der Waals surface area contributed by atoms with E-state index in [2.05, 4.69) is 10.1 Å². The van der Waals surface area contributed by atoms with E-state index in [1.54, 1.807) is 17.3 Å². The molecule has 2 aromatic carbocycles. The first-order chi connectivity index (χ1) is 15.7. The highest BCUT2D eigenvalue weighted by Crippen LogP contribution is 2.42. The Labute approximate surface area is 186 Å². The third-order valence-corrected chi connectivity index (χ3v) is 5.24. The van der Waals surface area contributed by atoms with Crippen molar-refractivity contribution in [1.29, 1.82) is 0 Å². The average Bonchev–Trinajstić information content (AvgIpc) is 3.29. The summed E-state index contributed by atoms with van der Waals surface area (Å²) < 4.78 is 5.86. The standard InChI is InChI=1S/C25H25N5O2/c1-2-22(31)30(21-8-4-6-18(14-21)16-27)25-23(19-9-11-28-12-10-19)24(29-32-25)20-7-3-5-17(13-20)15-26/h3-14H,2,15-16,26-27H2,1H3. The van der Waals surface area contributed by atoms with Crippen molar-refractivity contribution in [3.05, 3.63) is 84.2 Å². The topological polar surface area (TPSA) is 111 Å². The molecule has 0 unspecified atom stereocenters. The van der Waals surface area contributed by atoms with E-state index in [9.17, 15) is 4.79 Å². The molecule has 1 amide bonds. The molecule has 0 spiro atoms. The van der Waals surface area contributed by atoms with Crippen LogP contribution < -0.4 is 16.4 Å². The van der Waals surface area contributed by atoms with Crippen LogP contribution in [0.1, 0.15) is 24.5 Å². The van der Waals surface area contributed by atoms with Gasteiger partial charge >= 0.3 is 0 Å². The van der Waals surface area contributed by atoms with Gasteiger partial charge in [0.05, 0.1) is 11.3 Å². The Bertz CT molecular complexity index is 1220. The van der Waals surface area contributed by atoms with Gasteiger partial charge in [0, 0.05) is 37.5 Å². The van der Waals surface area contributed by atoms with Gasteiger partial charge in [-0.3, -0.25) is 9.78 Å². The Morgan fingerprint density at radius 3 is 2.31 bits per heavy atom. The van der Waals surface area contributed by atoms with Crippen LogP contribution in [0.15, 0.2) is 77.6 Å². The first-order valence-electron chi connectivity index (χ1n) is 10.5. The lowest BCUT2D eigenvalue weighted by atomic mass is 9.99. The molecule has 4 N–H and O–H groups in total. The second-order valence-electron chi connectivity index (χ2n) is 7.31. The predicted octanol–water partition coefficient (Wildman–Crippen LogP) is 4.40.